The highest BCUT2D eigenvalue weighted by atomic mass is 32.2. The third-order valence-corrected chi connectivity index (χ3v) is 5.22. The zero-order valence-electron chi connectivity index (χ0n) is 15.2. The molecule has 0 aliphatic rings. The largest absolute Gasteiger partial charge is 0.497 e. The molecule has 29 heavy (non-hydrogen) atoms. The molecule has 4 rings (SSSR count). The lowest BCUT2D eigenvalue weighted by atomic mass is 10.1. The lowest BCUT2D eigenvalue weighted by molar-refractivity contribution is -0.137. The van der Waals surface area contributed by atoms with Crippen LogP contribution in [0.25, 0.3) is 17.0 Å². The molecule has 2 heterocycles. The molecule has 2 aromatic heterocycles. The number of halogens is 3. The van der Waals surface area contributed by atoms with E-state index in [1.807, 2.05) is 24.3 Å². The molecule has 0 saturated heterocycles. The highest BCUT2D eigenvalue weighted by molar-refractivity contribution is 7.98. The molecule has 0 saturated carbocycles. The Morgan fingerprint density at radius 3 is 2.52 bits per heavy atom. The van der Waals surface area contributed by atoms with E-state index in [1.165, 1.54) is 17.8 Å². The lowest BCUT2D eigenvalue weighted by Gasteiger charge is -2.08. The van der Waals surface area contributed by atoms with Crippen molar-refractivity contribution in [3.63, 3.8) is 0 Å². The van der Waals surface area contributed by atoms with Crippen LogP contribution in [-0.2, 0) is 11.9 Å². The average Bonchev–Trinajstić information content (AvgIpc) is 3.15. The summed E-state index contributed by atoms with van der Waals surface area (Å²) in [5.41, 5.74) is 1.33. The van der Waals surface area contributed by atoms with Crippen molar-refractivity contribution in [1.29, 1.82) is 0 Å². The molecule has 148 valence electrons. The molecule has 0 unspecified atom stereocenters. The SMILES string of the molecule is COc1ccc(-c2nnc3ccc(SCc4cccc(C(F)(F)F)c4)nn23)cc1. The van der Waals surface area contributed by atoms with Gasteiger partial charge in [0, 0.05) is 11.3 Å². The average molecular weight is 416 g/mol. The van der Waals surface area contributed by atoms with Gasteiger partial charge in [0.05, 0.1) is 12.7 Å². The van der Waals surface area contributed by atoms with Crippen molar-refractivity contribution >= 4 is 17.4 Å². The van der Waals surface area contributed by atoms with Crippen LogP contribution in [0.4, 0.5) is 13.2 Å². The smallest absolute Gasteiger partial charge is 0.416 e. The number of hydrogen-bond donors (Lipinski definition) is 0. The van der Waals surface area contributed by atoms with Gasteiger partial charge >= 0.3 is 6.18 Å². The van der Waals surface area contributed by atoms with Crippen LogP contribution < -0.4 is 4.74 Å². The molecule has 4 aromatic rings. The van der Waals surface area contributed by atoms with Gasteiger partial charge in [0.25, 0.3) is 0 Å². The van der Waals surface area contributed by atoms with E-state index in [0.29, 0.717) is 27.8 Å². The van der Waals surface area contributed by atoms with Crippen molar-refractivity contribution in [2.75, 3.05) is 7.11 Å². The first-order valence-electron chi connectivity index (χ1n) is 8.60. The van der Waals surface area contributed by atoms with Gasteiger partial charge < -0.3 is 4.74 Å². The summed E-state index contributed by atoms with van der Waals surface area (Å²) < 4.78 is 45.4. The van der Waals surface area contributed by atoms with Gasteiger partial charge in [-0.1, -0.05) is 30.0 Å². The van der Waals surface area contributed by atoms with Crippen molar-refractivity contribution < 1.29 is 17.9 Å². The Bertz CT molecular complexity index is 1140. The monoisotopic (exact) mass is 416 g/mol. The molecule has 0 aliphatic heterocycles. The van der Waals surface area contributed by atoms with E-state index in [1.54, 1.807) is 29.8 Å². The number of methoxy groups -OCH3 is 1. The van der Waals surface area contributed by atoms with E-state index in [9.17, 15) is 13.2 Å². The van der Waals surface area contributed by atoms with Gasteiger partial charge in [0.15, 0.2) is 11.5 Å². The van der Waals surface area contributed by atoms with Gasteiger partial charge in [0.1, 0.15) is 10.8 Å². The first-order chi connectivity index (χ1) is 13.9. The van der Waals surface area contributed by atoms with Crippen LogP contribution in [0.2, 0.25) is 0 Å². The number of alkyl halides is 3. The normalized spacial score (nSPS) is 11.7. The molecule has 2 aromatic carbocycles. The van der Waals surface area contributed by atoms with Gasteiger partial charge in [-0.3, -0.25) is 0 Å². The summed E-state index contributed by atoms with van der Waals surface area (Å²) in [6.07, 6.45) is -4.35. The van der Waals surface area contributed by atoms with Crippen molar-refractivity contribution in [3.05, 3.63) is 71.8 Å². The predicted octanol–water partition coefficient (Wildman–Crippen LogP) is 5.11. The number of benzene rings is 2. The minimum absolute atomic E-state index is 0.364. The predicted molar refractivity (Wildman–Crippen MR) is 104 cm³/mol. The number of fused-ring (bicyclic) bond motifs is 1. The molecule has 0 atom stereocenters. The maximum atomic E-state index is 12.9. The van der Waals surface area contributed by atoms with Crippen molar-refractivity contribution in [2.24, 2.45) is 0 Å². The van der Waals surface area contributed by atoms with E-state index < -0.39 is 11.7 Å². The molecule has 5 nitrogen and oxygen atoms in total. The zero-order valence-corrected chi connectivity index (χ0v) is 16.0. The first kappa shape index (κ1) is 19.3. The molecule has 9 heteroatoms. The summed E-state index contributed by atoms with van der Waals surface area (Å²) in [4.78, 5) is 0. The Morgan fingerprint density at radius 2 is 1.79 bits per heavy atom. The number of thioether (sulfide) groups is 1. The molecular formula is C20H15F3N4OS. The van der Waals surface area contributed by atoms with Crippen LogP contribution >= 0.6 is 11.8 Å². The van der Waals surface area contributed by atoms with Gasteiger partial charge in [0.2, 0.25) is 0 Å². The third-order valence-electron chi connectivity index (χ3n) is 4.23. The first-order valence-corrected chi connectivity index (χ1v) is 9.58. The second-order valence-corrected chi connectivity index (χ2v) is 7.18. The minimum Gasteiger partial charge on any atom is -0.497 e. The van der Waals surface area contributed by atoms with Gasteiger partial charge in [-0.05, 0) is 48.0 Å². The van der Waals surface area contributed by atoms with Gasteiger partial charge in [-0.15, -0.1) is 10.2 Å². The van der Waals surface area contributed by atoms with Crippen LogP contribution in [0.1, 0.15) is 11.1 Å². The van der Waals surface area contributed by atoms with Crippen molar-refractivity contribution in [1.82, 2.24) is 19.8 Å². The fourth-order valence-electron chi connectivity index (χ4n) is 2.76. The van der Waals surface area contributed by atoms with E-state index in [-0.39, 0.29) is 0 Å². The summed E-state index contributed by atoms with van der Waals surface area (Å²) in [5, 5.41) is 13.5. The highest BCUT2D eigenvalue weighted by Crippen LogP contribution is 2.31. The lowest BCUT2D eigenvalue weighted by Crippen LogP contribution is -2.05. The Kier molecular flexibility index (Phi) is 5.14. The number of aromatic nitrogens is 4. The molecule has 0 fully saturated rings. The summed E-state index contributed by atoms with van der Waals surface area (Å²) >= 11 is 1.35. The molecule has 0 N–H and O–H groups in total. The maximum absolute atomic E-state index is 12.9. The Balaban J connectivity index is 1.57. The molecule has 0 radical (unpaired) electrons. The van der Waals surface area contributed by atoms with E-state index >= 15 is 0 Å². The summed E-state index contributed by atoms with van der Waals surface area (Å²) in [6.45, 7) is 0. The van der Waals surface area contributed by atoms with Crippen LogP contribution in [-0.4, -0.2) is 26.9 Å². The number of rotatable bonds is 5. The van der Waals surface area contributed by atoms with Gasteiger partial charge in [-0.25, -0.2) is 0 Å². The Morgan fingerprint density at radius 1 is 1.00 bits per heavy atom. The summed E-state index contributed by atoms with van der Waals surface area (Å²) in [6, 6.07) is 16.2. The summed E-state index contributed by atoms with van der Waals surface area (Å²) in [7, 11) is 1.59. The summed E-state index contributed by atoms with van der Waals surface area (Å²) in [5.74, 6) is 1.67. The standard InChI is InChI=1S/C20H15F3N4OS/c1-28-16-7-5-14(6-8-16)19-25-24-17-9-10-18(26-27(17)19)29-12-13-3-2-4-15(11-13)20(21,22)23/h2-11H,12H2,1H3. The molecular weight excluding hydrogens is 401 g/mol. The fourth-order valence-corrected chi connectivity index (χ4v) is 3.56. The van der Waals surface area contributed by atoms with E-state index in [2.05, 4.69) is 15.3 Å². The van der Waals surface area contributed by atoms with Gasteiger partial charge in [-0.2, -0.15) is 22.8 Å². The number of nitrogens with zero attached hydrogens (tertiary/aromatic N) is 4. The topological polar surface area (TPSA) is 52.3 Å². The number of ether oxygens (including phenoxy) is 1. The molecule has 0 spiro atoms. The van der Waals surface area contributed by atoms with Crippen molar-refractivity contribution in [3.8, 4) is 17.1 Å². The Labute approximate surface area is 168 Å². The van der Waals surface area contributed by atoms with Crippen LogP contribution in [0.15, 0.2) is 65.7 Å². The second kappa shape index (κ2) is 7.75. The fraction of sp³-hybridized carbons (Fsp3) is 0.150. The highest BCUT2D eigenvalue weighted by Gasteiger charge is 2.30. The van der Waals surface area contributed by atoms with E-state index in [4.69, 9.17) is 4.74 Å². The van der Waals surface area contributed by atoms with E-state index in [0.717, 1.165) is 23.4 Å². The third kappa shape index (κ3) is 4.19. The molecule has 0 aliphatic carbocycles. The van der Waals surface area contributed by atoms with Crippen molar-refractivity contribution in [2.45, 2.75) is 17.0 Å². The van der Waals surface area contributed by atoms with Crippen LogP contribution in [0.3, 0.4) is 0 Å². The quantitative estimate of drug-likeness (QED) is 0.423. The second-order valence-electron chi connectivity index (χ2n) is 6.18. The number of hydrogen-bond acceptors (Lipinski definition) is 5. The zero-order chi connectivity index (χ0) is 20.4. The van der Waals surface area contributed by atoms with Crippen LogP contribution in [0, 0.1) is 0 Å². The minimum atomic E-state index is -4.35. The Hall–Kier alpha value is -3.07. The molecule has 0 amide bonds. The van der Waals surface area contributed by atoms with Crippen LogP contribution in [0.5, 0.6) is 5.75 Å². The molecule has 0 bridgehead atoms. The maximum Gasteiger partial charge on any atom is 0.416 e.